The van der Waals surface area contributed by atoms with Crippen molar-refractivity contribution in [1.29, 1.82) is 0 Å². The van der Waals surface area contributed by atoms with Crippen molar-refractivity contribution in [3.05, 3.63) is 0 Å². The summed E-state index contributed by atoms with van der Waals surface area (Å²) in [5.74, 6) is 0. The smallest absolute Gasteiger partial charge is 0.0440 e. The van der Waals surface area contributed by atoms with Crippen molar-refractivity contribution in [3.8, 4) is 12.1 Å². The molecule has 0 aliphatic carbocycles. The molecular weight excluding hydrogens is 136 g/mol. The van der Waals surface area contributed by atoms with Crippen LogP contribution >= 0.6 is 12.4 Å². The second-order valence-electron chi connectivity index (χ2n) is 2.07. The standard InChI is InChI=1S/C6H10N2.ClH/c1-7-3-5-8(2)6-4-7;/h3,5H2,1-2H3;1H. The molecule has 0 radical (unpaired) electrons. The van der Waals surface area contributed by atoms with Crippen molar-refractivity contribution < 1.29 is 0 Å². The molecule has 1 aliphatic rings. The molecule has 0 aromatic carbocycles. The maximum Gasteiger partial charge on any atom is 0.0440 e. The highest BCUT2D eigenvalue weighted by atomic mass is 35.5. The topological polar surface area (TPSA) is 6.48 Å². The Labute approximate surface area is 62.2 Å². The molecule has 0 atom stereocenters. The molecule has 0 saturated heterocycles. The lowest BCUT2D eigenvalue weighted by Crippen LogP contribution is -2.29. The number of rotatable bonds is 0. The Morgan fingerprint density at radius 3 is 1.56 bits per heavy atom. The first-order valence-electron chi connectivity index (χ1n) is 2.72. The van der Waals surface area contributed by atoms with Gasteiger partial charge >= 0.3 is 0 Å². The van der Waals surface area contributed by atoms with Gasteiger partial charge in [0, 0.05) is 39.3 Å². The normalized spacial score (nSPS) is 15.8. The van der Waals surface area contributed by atoms with E-state index in [-0.39, 0.29) is 12.4 Å². The van der Waals surface area contributed by atoms with E-state index in [0.717, 1.165) is 13.1 Å². The summed E-state index contributed by atoms with van der Waals surface area (Å²) in [6.45, 7) is 2.12. The fourth-order valence-corrected chi connectivity index (χ4v) is 0.583. The number of hydrogen-bond acceptors (Lipinski definition) is 2. The lowest BCUT2D eigenvalue weighted by molar-refractivity contribution is 0.363. The minimum atomic E-state index is 0. The van der Waals surface area contributed by atoms with E-state index < -0.39 is 0 Å². The molecule has 1 rings (SSSR count). The van der Waals surface area contributed by atoms with Gasteiger partial charge in [0.15, 0.2) is 0 Å². The zero-order chi connectivity index (χ0) is 5.98. The van der Waals surface area contributed by atoms with Crippen molar-refractivity contribution in [2.24, 2.45) is 0 Å². The molecule has 0 N–H and O–H groups in total. The van der Waals surface area contributed by atoms with E-state index in [2.05, 4.69) is 12.1 Å². The molecule has 3 heteroatoms. The number of nitrogens with zero attached hydrogens (tertiary/aromatic N) is 2. The minimum absolute atomic E-state index is 0. The summed E-state index contributed by atoms with van der Waals surface area (Å²) in [4.78, 5) is 4.00. The van der Waals surface area contributed by atoms with Crippen LogP contribution in [-0.2, 0) is 0 Å². The largest absolute Gasteiger partial charge is 0.332 e. The fraction of sp³-hybridized carbons (Fsp3) is 0.667. The Kier molecular flexibility index (Phi) is 3.26. The number of halogens is 1. The summed E-state index contributed by atoms with van der Waals surface area (Å²) >= 11 is 0. The van der Waals surface area contributed by atoms with Crippen LogP contribution in [0.3, 0.4) is 0 Å². The fourth-order valence-electron chi connectivity index (χ4n) is 0.583. The van der Waals surface area contributed by atoms with E-state index in [1.54, 1.807) is 0 Å². The Balaban J connectivity index is 0.000000640. The van der Waals surface area contributed by atoms with Crippen LogP contribution in [0.15, 0.2) is 0 Å². The second kappa shape index (κ2) is 3.47. The highest BCUT2D eigenvalue weighted by Crippen LogP contribution is 1.87. The second-order valence-corrected chi connectivity index (χ2v) is 2.07. The van der Waals surface area contributed by atoms with Crippen molar-refractivity contribution in [2.45, 2.75) is 0 Å². The van der Waals surface area contributed by atoms with Crippen LogP contribution in [0.4, 0.5) is 0 Å². The van der Waals surface area contributed by atoms with E-state index in [1.165, 1.54) is 0 Å². The summed E-state index contributed by atoms with van der Waals surface area (Å²) in [7, 11) is 4.00. The zero-order valence-corrected chi connectivity index (χ0v) is 6.53. The van der Waals surface area contributed by atoms with Crippen LogP contribution in [0, 0.1) is 12.1 Å². The third kappa shape index (κ3) is 2.48. The van der Waals surface area contributed by atoms with Crippen molar-refractivity contribution in [3.63, 3.8) is 0 Å². The molecule has 52 valence electrons. The van der Waals surface area contributed by atoms with Gasteiger partial charge < -0.3 is 9.80 Å². The Morgan fingerprint density at radius 2 is 1.33 bits per heavy atom. The summed E-state index contributed by atoms with van der Waals surface area (Å²) in [5, 5.41) is 0. The summed E-state index contributed by atoms with van der Waals surface area (Å²) < 4.78 is 0. The SMILES string of the molecule is CN1C#CN(C)CC1.Cl. The lowest BCUT2D eigenvalue weighted by atomic mass is 10.5. The van der Waals surface area contributed by atoms with Crippen molar-refractivity contribution >= 4 is 12.4 Å². The van der Waals surface area contributed by atoms with E-state index in [1.807, 2.05) is 23.9 Å². The van der Waals surface area contributed by atoms with Crippen LogP contribution in [-0.4, -0.2) is 37.0 Å². The molecule has 0 spiro atoms. The summed E-state index contributed by atoms with van der Waals surface area (Å²) in [6.07, 6.45) is 0. The molecule has 1 aliphatic heterocycles. The van der Waals surface area contributed by atoms with E-state index in [0.29, 0.717) is 0 Å². The number of likely N-dealkylation sites (N-methyl/N-ethyl adjacent to an activating group) is 2. The lowest BCUT2D eigenvalue weighted by Gasteiger charge is -2.20. The molecule has 0 aromatic rings. The van der Waals surface area contributed by atoms with Crippen LogP contribution in [0.2, 0.25) is 0 Å². The molecule has 2 nitrogen and oxygen atoms in total. The van der Waals surface area contributed by atoms with Crippen LogP contribution in [0.1, 0.15) is 0 Å². The van der Waals surface area contributed by atoms with Gasteiger partial charge in [-0.2, -0.15) is 0 Å². The monoisotopic (exact) mass is 146 g/mol. The molecule has 0 unspecified atom stereocenters. The molecule has 0 fully saturated rings. The van der Waals surface area contributed by atoms with E-state index >= 15 is 0 Å². The van der Waals surface area contributed by atoms with Crippen molar-refractivity contribution in [1.82, 2.24) is 9.80 Å². The van der Waals surface area contributed by atoms with Gasteiger partial charge in [-0.25, -0.2) is 0 Å². The Hall–Kier alpha value is -0.550. The summed E-state index contributed by atoms with van der Waals surface area (Å²) in [6, 6.07) is 5.88. The summed E-state index contributed by atoms with van der Waals surface area (Å²) in [5.41, 5.74) is 0. The predicted molar refractivity (Wildman–Crippen MR) is 40.3 cm³/mol. The molecule has 0 amide bonds. The average Bonchev–Trinajstić information content (AvgIpc) is 1.77. The molecule has 0 bridgehead atoms. The maximum atomic E-state index is 2.94. The minimum Gasteiger partial charge on any atom is -0.332 e. The first-order chi connectivity index (χ1) is 3.79. The van der Waals surface area contributed by atoms with Gasteiger partial charge in [-0.3, -0.25) is 0 Å². The van der Waals surface area contributed by atoms with Gasteiger partial charge in [0.2, 0.25) is 0 Å². The molecule has 0 saturated carbocycles. The predicted octanol–water partition coefficient (Wildman–Crippen LogP) is 0.204. The maximum absolute atomic E-state index is 2.94. The highest BCUT2D eigenvalue weighted by molar-refractivity contribution is 5.85. The van der Waals surface area contributed by atoms with Gasteiger partial charge in [-0.05, 0) is 0 Å². The van der Waals surface area contributed by atoms with Crippen LogP contribution in [0.25, 0.3) is 0 Å². The Bertz CT molecular complexity index is 122. The van der Waals surface area contributed by atoms with Crippen LogP contribution < -0.4 is 0 Å². The van der Waals surface area contributed by atoms with Gasteiger partial charge in [-0.1, -0.05) is 0 Å². The van der Waals surface area contributed by atoms with Gasteiger partial charge in [0.05, 0.1) is 0 Å². The quantitative estimate of drug-likeness (QED) is 0.451. The number of hydrogen-bond donors (Lipinski definition) is 0. The van der Waals surface area contributed by atoms with Crippen LogP contribution in [0.5, 0.6) is 0 Å². The van der Waals surface area contributed by atoms with Gasteiger partial charge in [0.25, 0.3) is 0 Å². The van der Waals surface area contributed by atoms with E-state index in [9.17, 15) is 0 Å². The van der Waals surface area contributed by atoms with E-state index in [4.69, 9.17) is 0 Å². The molecular formula is C6H11ClN2. The zero-order valence-electron chi connectivity index (χ0n) is 5.72. The molecule has 0 aromatic heterocycles. The highest BCUT2D eigenvalue weighted by Gasteiger charge is 1.98. The average molecular weight is 147 g/mol. The van der Waals surface area contributed by atoms with Crippen molar-refractivity contribution in [2.75, 3.05) is 27.2 Å². The van der Waals surface area contributed by atoms with Gasteiger partial charge in [0.1, 0.15) is 0 Å². The molecule has 1 heterocycles. The molecule has 9 heavy (non-hydrogen) atoms. The first kappa shape index (κ1) is 8.45. The first-order valence-corrected chi connectivity index (χ1v) is 2.72. The third-order valence-electron chi connectivity index (χ3n) is 1.20. The Morgan fingerprint density at radius 1 is 1.00 bits per heavy atom. The van der Waals surface area contributed by atoms with Gasteiger partial charge in [-0.15, -0.1) is 12.4 Å². The third-order valence-corrected chi connectivity index (χ3v) is 1.20.